The average molecular weight is 354 g/mol. The lowest BCUT2D eigenvalue weighted by Crippen LogP contribution is -2.33. The SMILES string of the molecule is CC(=O)OCCC(C(=O)OCC(F)(F)F)C(=O)OCC(F)(F)F. The van der Waals surface area contributed by atoms with Gasteiger partial charge in [-0.25, -0.2) is 0 Å². The van der Waals surface area contributed by atoms with Crippen LogP contribution >= 0.6 is 0 Å². The van der Waals surface area contributed by atoms with Crippen LogP contribution in [0.15, 0.2) is 0 Å². The first kappa shape index (κ1) is 21.0. The Balaban J connectivity index is 4.74. The topological polar surface area (TPSA) is 78.9 Å². The molecule has 0 aliphatic carbocycles. The van der Waals surface area contributed by atoms with Crippen LogP contribution in [0.25, 0.3) is 0 Å². The summed E-state index contributed by atoms with van der Waals surface area (Å²) in [5, 5.41) is 0. The number of hydrogen-bond donors (Lipinski definition) is 0. The maximum Gasteiger partial charge on any atom is 0.422 e. The normalized spacial score (nSPS) is 12.0. The van der Waals surface area contributed by atoms with Gasteiger partial charge in [0.1, 0.15) is 0 Å². The van der Waals surface area contributed by atoms with Crippen molar-refractivity contribution in [3.05, 3.63) is 0 Å². The van der Waals surface area contributed by atoms with Crippen LogP contribution in [-0.2, 0) is 28.6 Å². The number of hydrogen-bond acceptors (Lipinski definition) is 6. The second-order valence-corrected chi connectivity index (χ2v) is 4.13. The molecule has 0 rings (SSSR count). The van der Waals surface area contributed by atoms with Gasteiger partial charge < -0.3 is 14.2 Å². The monoisotopic (exact) mass is 354 g/mol. The largest absolute Gasteiger partial charge is 0.466 e. The van der Waals surface area contributed by atoms with Gasteiger partial charge in [0.25, 0.3) is 0 Å². The molecule has 0 spiro atoms. The Morgan fingerprint density at radius 2 is 1.22 bits per heavy atom. The van der Waals surface area contributed by atoms with Crippen molar-refractivity contribution in [3.8, 4) is 0 Å². The minimum absolute atomic E-state index is 0.595. The Morgan fingerprint density at radius 1 is 0.826 bits per heavy atom. The summed E-state index contributed by atoms with van der Waals surface area (Å²) in [5.74, 6) is -6.38. The van der Waals surface area contributed by atoms with Crippen LogP contribution in [-0.4, -0.2) is 50.1 Å². The molecule has 0 atom stereocenters. The van der Waals surface area contributed by atoms with Gasteiger partial charge in [-0.15, -0.1) is 0 Å². The second kappa shape index (κ2) is 8.58. The fraction of sp³-hybridized carbons (Fsp3) is 0.727. The van der Waals surface area contributed by atoms with E-state index in [1.165, 1.54) is 0 Å². The Kier molecular flexibility index (Phi) is 7.83. The van der Waals surface area contributed by atoms with Gasteiger partial charge in [0.2, 0.25) is 0 Å². The number of alkyl halides is 6. The molecule has 23 heavy (non-hydrogen) atoms. The summed E-state index contributed by atoms with van der Waals surface area (Å²) in [6.07, 6.45) is -10.5. The molecule has 0 N–H and O–H groups in total. The Morgan fingerprint density at radius 3 is 1.52 bits per heavy atom. The second-order valence-electron chi connectivity index (χ2n) is 4.13. The summed E-state index contributed by atoms with van der Waals surface area (Å²) < 4.78 is 83.5. The van der Waals surface area contributed by atoms with Gasteiger partial charge in [-0.3, -0.25) is 14.4 Å². The van der Waals surface area contributed by atoms with E-state index >= 15 is 0 Å². The van der Waals surface area contributed by atoms with Crippen molar-refractivity contribution in [2.24, 2.45) is 5.92 Å². The van der Waals surface area contributed by atoms with Crippen LogP contribution in [0.5, 0.6) is 0 Å². The van der Waals surface area contributed by atoms with Crippen molar-refractivity contribution in [2.45, 2.75) is 25.7 Å². The van der Waals surface area contributed by atoms with E-state index in [2.05, 4.69) is 14.2 Å². The molecule has 134 valence electrons. The number of carbonyl (C=O) groups excluding carboxylic acids is 3. The molecule has 0 aliphatic rings. The van der Waals surface area contributed by atoms with Crippen LogP contribution < -0.4 is 0 Å². The van der Waals surface area contributed by atoms with Crippen LogP contribution in [0.3, 0.4) is 0 Å². The van der Waals surface area contributed by atoms with Crippen LogP contribution in [0.4, 0.5) is 26.3 Å². The van der Waals surface area contributed by atoms with Crippen molar-refractivity contribution in [1.82, 2.24) is 0 Å². The highest BCUT2D eigenvalue weighted by atomic mass is 19.4. The Hall–Kier alpha value is -2.01. The van der Waals surface area contributed by atoms with Crippen molar-refractivity contribution in [1.29, 1.82) is 0 Å². The molecule has 6 nitrogen and oxygen atoms in total. The highest BCUT2D eigenvalue weighted by Gasteiger charge is 2.37. The summed E-state index contributed by atoms with van der Waals surface area (Å²) in [7, 11) is 0. The summed E-state index contributed by atoms with van der Waals surface area (Å²) in [4.78, 5) is 33.3. The minimum atomic E-state index is -4.88. The zero-order valence-corrected chi connectivity index (χ0v) is 11.6. The molecule has 0 aromatic carbocycles. The lowest BCUT2D eigenvalue weighted by molar-refractivity contribution is -0.199. The van der Waals surface area contributed by atoms with Crippen LogP contribution in [0.1, 0.15) is 13.3 Å². The Labute approximate surface area is 125 Å². The maximum absolute atomic E-state index is 11.9. The first-order chi connectivity index (χ1) is 10.3. The van der Waals surface area contributed by atoms with Gasteiger partial charge in [-0.2, -0.15) is 26.3 Å². The van der Waals surface area contributed by atoms with Crippen molar-refractivity contribution in [2.75, 3.05) is 19.8 Å². The van der Waals surface area contributed by atoms with Gasteiger partial charge in [-0.1, -0.05) is 0 Å². The summed E-state index contributed by atoms with van der Waals surface area (Å²) in [6.45, 7) is -3.67. The zero-order valence-electron chi connectivity index (χ0n) is 11.6. The highest BCUT2D eigenvalue weighted by Crippen LogP contribution is 2.19. The number of rotatable bonds is 7. The summed E-state index contributed by atoms with van der Waals surface area (Å²) in [5.41, 5.74) is 0. The molecule has 0 amide bonds. The van der Waals surface area contributed by atoms with Gasteiger partial charge in [-0.05, 0) is 0 Å². The molecular formula is C11H12F6O6. The lowest BCUT2D eigenvalue weighted by Gasteiger charge is -2.16. The third kappa shape index (κ3) is 11.2. The first-order valence-corrected chi connectivity index (χ1v) is 5.92. The zero-order chi connectivity index (χ0) is 18.3. The third-order valence-corrected chi connectivity index (χ3v) is 2.04. The van der Waals surface area contributed by atoms with E-state index < -0.39 is 62.4 Å². The molecule has 0 aromatic rings. The summed E-state index contributed by atoms with van der Waals surface area (Å²) >= 11 is 0. The predicted octanol–water partition coefficient (Wildman–Crippen LogP) is 1.77. The van der Waals surface area contributed by atoms with E-state index in [0.717, 1.165) is 6.92 Å². The van der Waals surface area contributed by atoms with E-state index in [1.54, 1.807) is 0 Å². The van der Waals surface area contributed by atoms with Gasteiger partial charge in [0, 0.05) is 13.3 Å². The standard InChI is InChI=1S/C11H12F6O6/c1-6(18)21-3-2-7(8(19)22-4-10(12,13)14)9(20)23-5-11(15,16)17/h7H,2-5H2,1H3. The van der Waals surface area contributed by atoms with Crippen LogP contribution in [0.2, 0.25) is 0 Å². The third-order valence-electron chi connectivity index (χ3n) is 2.04. The highest BCUT2D eigenvalue weighted by molar-refractivity contribution is 5.94. The van der Waals surface area contributed by atoms with Crippen molar-refractivity contribution < 1.29 is 54.9 Å². The van der Waals surface area contributed by atoms with E-state index in [-0.39, 0.29) is 0 Å². The first-order valence-electron chi connectivity index (χ1n) is 5.92. The molecule has 12 heteroatoms. The van der Waals surface area contributed by atoms with E-state index in [9.17, 15) is 40.7 Å². The number of ether oxygens (including phenoxy) is 3. The molecule has 0 aliphatic heterocycles. The molecule has 0 heterocycles. The average Bonchev–Trinajstić information content (AvgIpc) is 2.36. The van der Waals surface area contributed by atoms with E-state index in [1.807, 2.05) is 0 Å². The maximum atomic E-state index is 11.9. The van der Waals surface area contributed by atoms with Gasteiger partial charge in [0.05, 0.1) is 6.61 Å². The Bertz CT molecular complexity index is 400. The molecule has 0 bridgehead atoms. The minimum Gasteiger partial charge on any atom is -0.466 e. The summed E-state index contributed by atoms with van der Waals surface area (Å²) in [6, 6.07) is 0. The number of esters is 3. The smallest absolute Gasteiger partial charge is 0.422 e. The van der Waals surface area contributed by atoms with Crippen molar-refractivity contribution >= 4 is 17.9 Å². The lowest BCUT2D eigenvalue weighted by atomic mass is 10.1. The molecule has 0 saturated carbocycles. The van der Waals surface area contributed by atoms with Gasteiger partial charge >= 0.3 is 30.3 Å². The molecule has 0 saturated heterocycles. The molecule has 0 aromatic heterocycles. The molecule has 0 radical (unpaired) electrons. The fourth-order valence-electron chi connectivity index (χ4n) is 1.16. The van der Waals surface area contributed by atoms with E-state index in [0.29, 0.717) is 0 Å². The van der Waals surface area contributed by atoms with Crippen molar-refractivity contribution in [3.63, 3.8) is 0 Å². The molecule has 0 unspecified atom stereocenters. The van der Waals surface area contributed by atoms with E-state index in [4.69, 9.17) is 0 Å². The van der Waals surface area contributed by atoms with Gasteiger partial charge in [0.15, 0.2) is 19.1 Å². The molecular weight excluding hydrogens is 342 g/mol. The number of halogens is 6. The fourth-order valence-corrected chi connectivity index (χ4v) is 1.16. The van der Waals surface area contributed by atoms with Crippen LogP contribution in [0, 0.1) is 5.92 Å². The predicted molar refractivity (Wildman–Crippen MR) is 58.8 cm³/mol. The number of carbonyl (C=O) groups is 3. The quantitative estimate of drug-likeness (QED) is 0.300. The molecule has 0 fully saturated rings.